The highest BCUT2D eigenvalue weighted by atomic mass is 16.7. The Labute approximate surface area is 211 Å². The number of fused-ring (bicyclic) bond motifs is 2. The Bertz CT molecular complexity index is 960. The van der Waals surface area contributed by atoms with Crippen LogP contribution in [0.3, 0.4) is 0 Å². The van der Waals surface area contributed by atoms with Gasteiger partial charge in [-0.05, 0) is 44.9 Å². The molecule has 7 fully saturated rings. The predicted molar refractivity (Wildman–Crippen MR) is 124 cm³/mol. The molecule has 0 radical (unpaired) electrons. The summed E-state index contributed by atoms with van der Waals surface area (Å²) in [7, 11) is 0. The highest BCUT2D eigenvalue weighted by molar-refractivity contribution is 5.87. The number of hydrogen-bond donors (Lipinski definition) is 1. The molecule has 2 saturated carbocycles. The van der Waals surface area contributed by atoms with Crippen LogP contribution in [-0.4, -0.2) is 66.4 Å². The summed E-state index contributed by atoms with van der Waals surface area (Å²) >= 11 is 0. The summed E-state index contributed by atoms with van der Waals surface area (Å²) in [6.45, 7) is 9.93. The van der Waals surface area contributed by atoms with E-state index in [9.17, 15) is 14.7 Å². The zero-order valence-corrected chi connectivity index (χ0v) is 21.7. The van der Waals surface area contributed by atoms with Crippen LogP contribution >= 0.6 is 0 Å². The van der Waals surface area contributed by atoms with Crippen molar-refractivity contribution in [3.8, 4) is 0 Å². The van der Waals surface area contributed by atoms with Crippen LogP contribution in [0, 0.1) is 28.6 Å². The highest BCUT2D eigenvalue weighted by Crippen LogP contribution is 2.74. The molecule has 9 nitrogen and oxygen atoms in total. The van der Waals surface area contributed by atoms with Crippen LogP contribution in [0.15, 0.2) is 11.6 Å². The number of hydrogen-bond acceptors (Lipinski definition) is 9. The number of allylic oxidation sites excluding steroid dienone is 1. The van der Waals surface area contributed by atoms with Crippen LogP contribution in [0.2, 0.25) is 0 Å². The molecule has 12 unspecified atom stereocenters. The Morgan fingerprint density at radius 1 is 1.06 bits per heavy atom. The molecular formula is C27H38O9. The van der Waals surface area contributed by atoms with Crippen LogP contribution in [0.1, 0.15) is 66.7 Å². The first-order chi connectivity index (χ1) is 17.0. The molecule has 2 aliphatic carbocycles. The van der Waals surface area contributed by atoms with Crippen molar-refractivity contribution in [1.29, 1.82) is 0 Å². The lowest BCUT2D eigenvalue weighted by atomic mass is 9.40. The van der Waals surface area contributed by atoms with Crippen molar-refractivity contribution in [2.24, 2.45) is 28.6 Å². The first kappa shape index (κ1) is 24.8. The molecular weight excluding hydrogens is 468 g/mol. The van der Waals surface area contributed by atoms with Crippen LogP contribution < -0.4 is 0 Å². The second-order valence-electron chi connectivity index (χ2n) is 12.1. The Kier molecular flexibility index (Phi) is 5.67. The van der Waals surface area contributed by atoms with Gasteiger partial charge in [0.05, 0.1) is 18.8 Å². The monoisotopic (exact) mass is 506 g/mol. The molecule has 0 amide bonds. The van der Waals surface area contributed by atoms with Crippen LogP contribution in [-0.2, 0) is 38.0 Å². The van der Waals surface area contributed by atoms with Crippen molar-refractivity contribution in [2.45, 2.75) is 110 Å². The number of epoxide rings is 1. The minimum Gasteiger partial charge on any atom is -0.462 e. The molecule has 0 aromatic carbocycles. The van der Waals surface area contributed by atoms with Crippen LogP contribution in [0.25, 0.3) is 0 Å². The third kappa shape index (κ3) is 3.25. The number of aliphatic hydroxyl groups excluding tert-OH is 1. The van der Waals surface area contributed by atoms with Gasteiger partial charge in [0.25, 0.3) is 0 Å². The summed E-state index contributed by atoms with van der Waals surface area (Å²) in [5.41, 5.74) is -1.26. The van der Waals surface area contributed by atoms with Gasteiger partial charge >= 0.3 is 11.9 Å². The summed E-state index contributed by atoms with van der Waals surface area (Å²) in [6.07, 6.45) is 2.25. The number of esters is 2. The van der Waals surface area contributed by atoms with Gasteiger partial charge in [0, 0.05) is 36.7 Å². The lowest BCUT2D eigenvalue weighted by Gasteiger charge is -2.69. The molecule has 2 bridgehead atoms. The Hall–Kier alpha value is -1.52. The summed E-state index contributed by atoms with van der Waals surface area (Å²) in [5.74, 6) is -0.544. The maximum Gasteiger partial charge on any atom is 0.335 e. The number of rotatable bonds is 4. The van der Waals surface area contributed by atoms with Crippen molar-refractivity contribution in [2.75, 3.05) is 6.61 Å². The molecule has 0 aromatic rings. The Morgan fingerprint density at radius 2 is 1.81 bits per heavy atom. The van der Waals surface area contributed by atoms with E-state index >= 15 is 0 Å². The third-order valence-electron chi connectivity index (χ3n) is 10.5. The zero-order valence-electron chi connectivity index (χ0n) is 21.7. The van der Waals surface area contributed by atoms with E-state index in [1.54, 1.807) is 19.9 Å². The van der Waals surface area contributed by atoms with E-state index < -0.39 is 42.0 Å². The van der Waals surface area contributed by atoms with Gasteiger partial charge in [0.2, 0.25) is 6.29 Å². The van der Waals surface area contributed by atoms with Gasteiger partial charge in [0.1, 0.15) is 17.1 Å². The molecule has 9 heteroatoms. The lowest BCUT2D eigenvalue weighted by Crippen LogP contribution is -2.77. The third-order valence-corrected chi connectivity index (χ3v) is 10.5. The second-order valence-corrected chi connectivity index (χ2v) is 12.1. The van der Waals surface area contributed by atoms with Crippen LogP contribution in [0.5, 0.6) is 0 Å². The first-order valence-electron chi connectivity index (χ1n) is 13.3. The molecule has 0 aromatic heterocycles. The van der Waals surface area contributed by atoms with E-state index in [1.807, 2.05) is 0 Å². The van der Waals surface area contributed by atoms with Crippen molar-refractivity contribution in [3.05, 3.63) is 11.6 Å². The van der Waals surface area contributed by atoms with E-state index in [0.29, 0.717) is 31.4 Å². The Balaban J connectivity index is 1.44. The fraction of sp³-hybridized carbons (Fsp3) is 0.852. The second kappa shape index (κ2) is 8.24. The molecule has 200 valence electrons. The molecule has 7 rings (SSSR count). The molecule has 1 N–H and O–H groups in total. The summed E-state index contributed by atoms with van der Waals surface area (Å²) in [6, 6.07) is 0. The van der Waals surface area contributed by atoms with E-state index in [2.05, 4.69) is 13.8 Å². The molecule has 5 heterocycles. The van der Waals surface area contributed by atoms with Crippen LogP contribution in [0.4, 0.5) is 0 Å². The normalized spacial score (nSPS) is 53.2. The van der Waals surface area contributed by atoms with E-state index in [1.165, 1.54) is 6.92 Å². The highest BCUT2D eigenvalue weighted by Gasteiger charge is 2.83. The summed E-state index contributed by atoms with van der Waals surface area (Å²) in [5, 5.41) is 9.96. The predicted octanol–water partition coefficient (Wildman–Crippen LogP) is 2.83. The minimum absolute atomic E-state index is 0.0365. The standard InChI is InChI=1S/C27H38O9/c1-6-13(2)22(30)36-24-27-18(10-17(33-24)11-26(27)12-31-26)25(5,14(3)7-20(27)32-15(4)28)19-8-16-9-21(29)35-23(16)34-19/h6,14,16-21,23-24,29H,7-12H2,1-5H3. The number of carbonyl (C=O) groups is 2. The SMILES string of the molecule is CC=C(C)C(=O)OC1OC2CC3C(C)(C4CC5CC(O)OC5O4)C(C)CC(OC(C)=O)C13C1(CO1)C2. The quantitative estimate of drug-likeness (QED) is 0.349. The molecule has 12 atom stereocenters. The maximum atomic E-state index is 13.0. The van der Waals surface area contributed by atoms with Crippen molar-refractivity contribution in [1.82, 2.24) is 0 Å². The van der Waals surface area contributed by atoms with Gasteiger partial charge in [0.15, 0.2) is 12.6 Å². The van der Waals surface area contributed by atoms with Crippen molar-refractivity contribution < 1.29 is 43.1 Å². The van der Waals surface area contributed by atoms with Gasteiger partial charge in [-0.1, -0.05) is 19.9 Å². The molecule has 7 aliphatic rings. The summed E-state index contributed by atoms with van der Waals surface area (Å²) in [4.78, 5) is 25.4. The topological polar surface area (TPSA) is 113 Å². The molecule has 36 heavy (non-hydrogen) atoms. The fourth-order valence-corrected chi connectivity index (χ4v) is 8.44. The van der Waals surface area contributed by atoms with Crippen molar-refractivity contribution in [3.63, 3.8) is 0 Å². The Morgan fingerprint density at radius 3 is 2.44 bits per heavy atom. The smallest absolute Gasteiger partial charge is 0.335 e. The minimum atomic E-state index is -0.893. The van der Waals surface area contributed by atoms with E-state index in [4.69, 9.17) is 28.4 Å². The first-order valence-corrected chi connectivity index (χ1v) is 13.3. The zero-order chi connectivity index (χ0) is 25.6. The molecule has 5 aliphatic heterocycles. The summed E-state index contributed by atoms with van der Waals surface area (Å²) < 4.78 is 37.0. The molecule has 5 saturated heterocycles. The van der Waals surface area contributed by atoms with Gasteiger partial charge in [-0.3, -0.25) is 4.79 Å². The van der Waals surface area contributed by atoms with E-state index in [0.717, 1.165) is 12.8 Å². The number of aliphatic hydroxyl groups is 1. The van der Waals surface area contributed by atoms with Crippen molar-refractivity contribution >= 4 is 11.9 Å². The largest absolute Gasteiger partial charge is 0.462 e. The average Bonchev–Trinajstić information content (AvgIpc) is 3.31. The van der Waals surface area contributed by atoms with Gasteiger partial charge in [-0.25, -0.2) is 4.79 Å². The van der Waals surface area contributed by atoms with Gasteiger partial charge < -0.3 is 33.5 Å². The maximum absolute atomic E-state index is 13.0. The molecule has 2 spiro atoms. The fourth-order valence-electron chi connectivity index (χ4n) is 8.44. The average molecular weight is 507 g/mol. The number of ether oxygens (including phenoxy) is 6. The lowest BCUT2D eigenvalue weighted by molar-refractivity contribution is -0.375. The number of carbonyl (C=O) groups excluding carboxylic acids is 2. The van der Waals surface area contributed by atoms with Gasteiger partial charge in [-0.15, -0.1) is 0 Å². The van der Waals surface area contributed by atoms with E-state index in [-0.39, 0.29) is 41.3 Å². The van der Waals surface area contributed by atoms with Gasteiger partial charge in [-0.2, -0.15) is 0 Å².